The molecule has 1 unspecified atom stereocenters. The molecule has 0 amide bonds. The van der Waals surface area contributed by atoms with Gasteiger partial charge in [0.05, 0.1) is 12.4 Å². The van der Waals surface area contributed by atoms with Gasteiger partial charge in [-0.25, -0.2) is 8.42 Å². The molecule has 0 radical (unpaired) electrons. The highest BCUT2D eigenvalue weighted by molar-refractivity contribution is 7.91. The Morgan fingerprint density at radius 1 is 1.55 bits per heavy atom. The van der Waals surface area contributed by atoms with E-state index >= 15 is 0 Å². The molecule has 0 saturated carbocycles. The summed E-state index contributed by atoms with van der Waals surface area (Å²) in [6.07, 6.45) is 0.340. The lowest BCUT2D eigenvalue weighted by molar-refractivity contribution is 0.263. The fraction of sp³-hybridized carbons (Fsp3) is 1.00. The number of sulfone groups is 1. The van der Waals surface area contributed by atoms with Crippen molar-refractivity contribution in [1.29, 1.82) is 0 Å². The van der Waals surface area contributed by atoms with Gasteiger partial charge < -0.3 is 10.8 Å². The first-order chi connectivity index (χ1) is 5.02. The minimum absolute atomic E-state index is 0.0746. The van der Waals surface area contributed by atoms with Gasteiger partial charge in [-0.1, -0.05) is 6.92 Å². The van der Waals surface area contributed by atoms with Crippen LogP contribution in [-0.2, 0) is 9.84 Å². The number of aliphatic hydroxyl groups is 1. The van der Waals surface area contributed by atoms with E-state index in [1.807, 2.05) is 0 Å². The Bertz CT molecular complexity index is 188. The minimum atomic E-state index is -2.92. The molecule has 11 heavy (non-hydrogen) atoms. The van der Waals surface area contributed by atoms with Crippen LogP contribution in [0.15, 0.2) is 0 Å². The number of hydrogen-bond donors (Lipinski definition) is 2. The summed E-state index contributed by atoms with van der Waals surface area (Å²) >= 11 is 0. The zero-order chi connectivity index (χ0) is 8.91. The fourth-order valence-corrected chi connectivity index (χ4v) is 1.52. The molecule has 0 fully saturated rings. The molecule has 0 aliphatic heterocycles. The van der Waals surface area contributed by atoms with Crippen LogP contribution in [0.2, 0.25) is 0 Å². The van der Waals surface area contributed by atoms with Gasteiger partial charge in [0.15, 0.2) is 0 Å². The van der Waals surface area contributed by atoms with Crippen molar-refractivity contribution in [2.45, 2.75) is 19.4 Å². The lowest BCUT2D eigenvalue weighted by Crippen LogP contribution is -2.27. The van der Waals surface area contributed by atoms with Crippen LogP contribution in [0.5, 0.6) is 0 Å². The Hall–Kier alpha value is -0.130. The largest absolute Gasteiger partial charge is 0.395 e. The van der Waals surface area contributed by atoms with Crippen molar-refractivity contribution in [1.82, 2.24) is 0 Å². The van der Waals surface area contributed by atoms with Crippen LogP contribution in [0.25, 0.3) is 0 Å². The summed E-state index contributed by atoms with van der Waals surface area (Å²) in [4.78, 5) is 0. The maximum atomic E-state index is 10.9. The molecule has 0 aliphatic rings. The Labute approximate surface area is 67.3 Å². The van der Waals surface area contributed by atoms with E-state index < -0.39 is 15.9 Å². The quantitative estimate of drug-likeness (QED) is 0.578. The van der Waals surface area contributed by atoms with Crippen LogP contribution in [0.4, 0.5) is 0 Å². The first kappa shape index (κ1) is 10.9. The van der Waals surface area contributed by atoms with Crippen LogP contribution in [0.1, 0.15) is 13.3 Å². The van der Waals surface area contributed by atoms with E-state index in [2.05, 4.69) is 0 Å². The summed E-state index contributed by atoms with van der Waals surface area (Å²) in [6, 6.07) is -0.406. The van der Waals surface area contributed by atoms with E-state index in [0.717, 1.165) is 0 Å². The number of nitrogens with two attached hydrogens (primary N) is 1. The van der Waals surface area contributed by atoms with Crippen LogP contribution in [-0.4, -0.2) is 37.7 Å². The maximum Gasteiger partial charge on any atom is 0.150 e. The number of aliphatic hydroxyl groups excluding tert-OH is 1. The summed E-state index contributed by atoms with van der Waals surface area (Å²) in [6.45, 7) is 1.44. The van der Waals surface area contributed by atoms with Crippen LogP contribution in [0.3, 0.4) is 0 Å². The molecule has 0 aliphatic carbocycles. The van der Waals surface area contributed by atoms with Crippen LogP contribution >= 0.6 is 0 Å². The second-order valence-electron chi connectivity index (χ2n) is 2.47. The summed E-state index contributed by atoms with van der Waals surface area (Å²) in [5.74, 6) is 0.219. The van der Waals surface area contributed by atoms with Gasteiger partial charge in [0.25, 0.3) is 0 Å². The van der Waals surface area contributed by atoms with Gasteiger partial charge in [-0.3, -0.25) is 0 Å². The second kappa shape index (κ2) is 4.69. The zero-order valence-electron chi connectivity index (χ0n) is 6.66. The van der Waals surface area contributed by atoms with Gasteiger partial charge in [0, 0.05) is 11.8 Å². The van der Waals surface area contributed by atoms with Gasteiger partial charge in [-0.2, -0.15) is 0 Å². The zero-order valence-corrected chi connectivity index (χ0v) is 7.47. The van der Waals surface area contributed by atoms with E-state index in [1.54, 1.807) is 6.92 Å². The van der Waals surface area contributed by atoms with Gasteiger partial charge in [0.2, 0.25) is 0 Å². The Morgan fingerprint density at radius 3 is 2.45 bits per heavy atom. The monoisotopic (exact) mass is 181 g/mol. The molecule has 0 aromatic rings. The standard InChI is InChI=1S/C6H15NO3S/c1-2-11(9,10)4-3-6(7)5-8/h6,8H,2-5,7H2,1H3. The molecule has 0 bridgehead atoms. The van der Waals surface area contributed by atoms with Gasteiger partial charge >= 0.3 is 0 Å². The topological polar surface area (TPSA) is 80.4 Å². The van der Waals surface area contributed by atoms with Crippen molar-refractivity contribution in [3.8, 4) is 0 Å². The van der Waals surface area contributed by atoms with E-state index in [4.69, 9.17) is 10.8 Å². The summed E-state index contributed by atoms with van der Waals surface area (Å²) in [5, 5.41) is 8.48. The first-order valence-electron chi connectivity index (χ1n) is 3.58. The predicted molar refractivity (Wildman–Crippen MR) is 44.0 cm³/mol. The molecule has 68 valence electrons. The number of hydrogen-bond acceptors (Lipinski definition) is 4. The van der Waals surface area contributed by atoms with Crippen molar-refractivity contribution in [2.24, 2.45) is 5.73 Å². The molecule has 0 aromatic carbocycles. The predicted octanol–water partition coefficient (Wildman–Crippen LogP) is -0.869. The molecule has 4 nitrogen and oxygen atoms in total. The molecule has 0 aromatic heterocycles. The molecular formula is C6H15NO3S. The summed E-state index contributed by atoms with van der Waals surface area (Å²) in [7, 11) is -2.92. The van der Waals surface area contributed by atoms with Gasteiger partial charge in [-0.15, -0.1) is 0 Å². The fourth-order valence-electron chi connectivity index (χ4n) is 0.567. The Kier molecular flexibility index (Phi) is 4.63. The summed E-state index contributed by atoms with van der Waals surface area (Å²) < 4.78 is 21.8. The maximum absolute atomic E-state index is 10.9. The van der Waals surface area contributed by atoms with Crippen LogP contribution < -0.4 is 5.73 Å². The SMILES string of the molecule is CCS(=O)(=O)CCC(N)CO. The molecular weight excluding hydrogens is 166 g/mol. The molecule has 0 rings (SSSR count). The van der Waals surface area contributed by atoms with E-state index in [9.17, 15) is 8.42 Å². The van der Waals surface area contributed by atoms with E-state index in [1.165, 1.54) is 0 Å². The molecule has 0 spiro atoms. The second-order valence-corrected chi connectivity index (χ2v) is 4.94. The number of rotatable bonds is 5. The Morgan fingerprint density at radius 2 is 2.09 bits per heavy atom. The minimum Gasteiger partial charge on any atom is -0.395 e. The van der Waals surface area contributed by atoms with Crippen molar-refractivity contribution in [3.63, 3.8) is 0 Å². The molecule has 0 heterocycles. The highest BCUT2D eigenvalue weighted by Gasteiger charge is 2.09. The molecule has 3 N–H and O–H groups in total. The smallest absolute Gasteiger partial charge is 0.150 e. The van der Waals surface area contributed by atoms with Crippen molar-refractivity contribution in [3.05, 3.63) is 0 Å². The normalized spacial score (nSPS) is 14.8. The third kappa shape index (κ3) is 5.17. The van der Waals surface area contributed by atoms with Crippen molar-refractivity contribution < 1.29 is 13.5 Å². The average molecular weight is 181 g/mol. The lowest BCUT2D eigenvalue weighted by atomic mass is 10.3. The van der Waals surface area contributed by atoms with Crippen molar-refractivity contribution in [2.75, 3.05) is 18.1 Å². The van der Waals surface area contributed by atoms with Crippen LogP contribution in [0, 0.1) is 0 Å². The van der Waals surface area contributed by atoms with E-state index in [0.29, 0.717) is 6.42 Å². The third-order valence-electron chi connectivity index (χ3n) is 1.47. The lowest BCUT2D eigenvalue weighted by Gasteiger charge is -2.06. The molecule has 0 saturated heterocycles. The molecule has 1 atom stereocenters. The third-order valence-corrected chi connectivity index (χ3v) is 3.21. The highest BCUT2D eigenvalue weighted by atomic mass is 32.2. The van der Waals surface area contributed by atoms with E-state index in [-0.39, 0.29) is 18.1 Å². The highest BCUT2D eigenvalue weighted by Crippen LogP contribution is 1.95. The Balaban J connectivity index is 3.71. The van der Waals surface area contributed by atoms with Crippen molar-refractivity contribution >= 4 is 9.84 Å². The molecule has 5 heteroatoms. The summed E-state index contributed by atoms with van der Waals surface area (Å²) in [5.41, 5.74) is 5.32. The average Bonchev–Trinajstić information content (AvgIpc) is 2.00. The van der Waals surface area contributed by atoms with Gasteiger partial charge in [0.1, 0.15) is 9.84 Å². The first-order valence-corrected chi connectivity index (χ1v) is 5.41. The van der Waals surface area contributed by atoms with Gasteiger partial charge in [-0.05, 0) is 6.42 Å².